The van der Waals surface area contributed by atoms with Crippen molar-refractivity contribution in [2.75, 3.05) is 11.9 Å². The van der Waals surface area contributed by atoms with Crippen molar-refractivity contribution in [2.45, 2.75) is 19.3 Å². The third kappa shape index (κ3) is 4.29. The van der Waals surface area contributed by atoms with E-state index in [2.05, 4.69) is 5.32 Å². The van der Waals surface area contributed by atoms with Gasteiger partial charge in [-0.15, -0.1) is 0 Å². The fourth-order valence-electron chi connectivity index (χ4n) is 1.28. The highest BCUT2D eigenvalue weighted by atomic mass is 35.5. The predicted molar refractivity (Wildman–Crippen MR) is 66.4 cm³/mol. The van der Waals surface area contributed by atoms with Crippen LogP contribution in [-0.4, -0.2) is 17.6 Å². The summed E-state index contributed by atoms with van der Waals surface area (Å²) in [5, 5.41) is 12.7. The van der Waals surface area contributed by atoms with E-state index < -0.39 is 5.97 Å². The van der Waals surface area contributed by atoms with Crippen molar-refractivity contribution in [1.82, 2.24) is 0 Å². The van der Waals surface area contributed by atoms with Gasteiger partial charge < -0.3 is 10.4 Å². The lowest BCUT2D eigenvalue weighted by atomic mass is 10.2. The first-order valence-electron chi connectivity index (χ1n) is 5.01. The molecule has 0 aliphatic rings. The molecule has 0 aliphatic carbocycles. The Kier molecular flexibility index (Phi) is 5.43. The number of benzene rings is 1. The summed E-state index contributed by atoms with van der Waals surface area (Å²) in [6, 6.07) is 5.29. The van der Waals surface area contributed by atoms with Crippen LogP contribution >= 0.6 is 23.2 Å². The summed E-state index contributed by atoms with van der Waals surface area (Å²) in [6.07, 6.45) is 1.61. The predicted octanol–water partition coefficient (Wildman–Crippen LogP) is 3.66. The maximum atomic E-state index is 10.3. The Labute approximate surface area is 104 Å². The number of rotatable bonds is 6. The van der Waals surface area contributed by atoms with E-state index in [0.717, 1.165) is 6.42 Å². The second-order valence-corrected chi connectivity index (χ2v) is 4.19. The van der Waals surface area contributed by atoms with Crippen LogP contribution in [0.5, 0.6) is 0 Å². The molecule has 0 saturated heterocycles. The Balaban J connectivity index is 2.34. The van der Waals surface area contributed by atoms with E-state index in [1.165, 1.54) is 0 Å². The average Bonchev–Trinajstić information content (AvgIpc) is 2.21. The molecule has 2 N–H and O–H groups in total. The summed E-state index contributed by atoms with van der Waals surface area (Å²) in [4.78, 5) is 10.3. The SMILES string of the molecule is O=C(O)CCCCNc1c(Cl)cccc1Cl. The van der Waals surface area contributed by atoms with Gasteiger partial charge in [-0.05, 0) is 25.0 Å². The number of hydrogen-bond donors (Lipinski definition) is 2. The minimum absolute atomic E-state index is 0.192. The number of halogens is 2. The summed E-state index contributed by atoms with van der Waals surface area (Å²) in [5.41, 5.74) is 0.709. The zero-order chi connectivity index (χ0) is 12.0. The number of carboxylic acid groups (broad SMARTS) is 1. The molecular formula is C11H13Cl2NO2. The van der Waals surface area contributed by atoms with Gasteiger partial charge in [-0.3, -0.25) is 4.79 Å². The van der Waals surface area contributed by atoms with Gasteiger partial charge in [0.15, 0.2) is 0 Å². The second kappa shape index (κ2) is 6.61. The van der Waals surface area contributed by atoms with Crippen LogP contribution in [0.2, 0.25) is 10.0 Å². The first kappa shape index (κ1) is 13.1. The van der Waals surface area contributed by atoms with Crippen molar-refractivity contribution in [2.24, 2.45) is 0 Å². The maximum Gasteiger partial charge on any atom is 0.303 e. The fraction of sp³-hybridized carbons (Fsp3) is 0.364. The summed E-state index contributed by atoms with van der Waals surface area (Å²) >= 11 is 11.9. The van der Waals surface area contributed by atoms with Crippen molar-refractivity contribution in [3.05, 3.63) is 28.2 Å². The minimum Gasteiger partial charge on any atom is -0.481 e. The first-order chi connectivity index (χ1) is 7.61. The van der Waals surface area contributed by atoms with Crippen LogP contribution < -0.4 is 5.32 Å². The first-order valence-corrected chi connectivity index (χ1v) is 5.76. The van der Waals surface area contributed by atoms with Crippen LogP contribution in [0.25, 0.3) is 0 Å². The molecule has 1 rings (SSSR count). The van der Waals surface area contributed by atoms with Gasteiger partial charge in [0, 0.05) is 13.0 Å². The third-order valence-corrected chi connectivity index (χ3v) is 2.71. The van der Waals surface area contributed by atoms with E-state index in [-0.39, 0.29) is 6.42 Å². The molecule has 0 unspecified atom stereocenters. The number of nitrogens with one attached hydrogen (secondary N) is 1. The molecule has 16 heavy (non-hydrogen) atoms. The van der Waals surface area contributed by atoms with Gasteiger partial charge in [0.25, 0.3) is 0 Å². The molecule has 0 heterocycles. The Bertz CT molecular complexity index is 349. The van der Waals surface area contributed by atoms with Crippen LogP contribution in [0.4, 0.5) is 5.69 Å². The smallest absolute Gasteiger partial charge is 0.303 e. The van der Waals surface area contributed by atoms with Crippen LogP contribution in [0.3, 0.4) is 0 Å². The number of para-hydroxylation sites is 1. The zero-order valence-electron chi connectivity index (χ0n) is 8.67. The molecule has 0 radical (unpaired) electrons. The number of carboxylic acids is 1. The van der Waals surface area contributed by atoms with Crippen LogP contribution in [-0.2, 0) is 4.79 Å². The molecule has 0 fully saturated rings. The molecular weight excluding hydrogens is 249 g/mol. The van der Waals surface area contributed by atoms with Gasteiger partial charge in [-0.1, -0.05) is 29.3 Å². The van der Waals surface area contributed by atoms with Crippen LogP contribution in [0.15, 0.2) is 18.2 Å². The quantitative estimate of drug-likeness (QED) is 0.769. The van der Waals surface area contributed by atoms with Crippen molar-refractivity contribution < 1.29 is 9.90 Å². The van der Waals surface area contributed by atoms with Gasteiger partial charge in [0.2, 0.25) is 0 Å². The molecule has 0 aliphatic heterocycles. The van der Waals surface area contributed by atoms with Gasteiger partial charge in [-0.2, -0.15) is 0 Å². The summed E-state index contributed by atoms with van der Waals surface area (Å²) in [6.45, 7) is 0.663. The second-order valence-electron chi connectivity index (χ2n) is 3.37. The number of unbranched alkanes of at least 4 members (excludes halogenated alkanes) is 1. The normalized spacial score (nSPS) is 10.1. The van der Waals surface area contributed by atoms with E-state index >= 15 is 0 Å². The standard InChI is InChI=1S/C11H13Cl2NO2/c12-8-4-3-5-9(13)11(8)14-7-2-1-6-10(15)16/h3-5,14H,1-2,6-7H2,(H,15,16). The highest BCUT2D eigenvalue weighted by Gasteiger charge is 2.04. The molecule has 0 spiro atoms. The lowest BCUT2D eigenvalue weighted by molar-refractivity contribution is -0.137. The summed E-state index contributed by atoms with van der Waals surface area (Å²) in [7, 11) is 0. The Morgan fingerprint density at radius 1 is 1.25 bits per heavy atom. The molecule has 0 atom stereocenters. The third-order valence-electron chi connectivity index (χ3n) is 2.08. The minimum atomic E-state index is -0.768. The van der Waals surface area contributed by atoms with Gasteiger partial charge in [0.05, 0.1) is 15.7 Å². The Morgan fingerprint density at radius 2 is 1.88 bits per heavy atom. The van der Waals surface area contributed by atoms with E-state index in [1.54, 1.807) is 18.2 Å². The summed E-state index contributed by atoms with van der Waals surface area (Å²) in [5.74, 6) is -0.768. The summed E-state index contributed by atoms with van der Waals surface area (Å²) < 4.78 is 0. The number of anilines is 1. The molecule has 0 bridgehead atoms. The monoisotopic (exact) mass is 261 g/mol. The average molecular weight is 262 g/mol. The number of aliphatic carboxylic acids is 1. The topological polar surface area (TPSA) is 49.3 Å². The maximum absolute atomic E-state index is 10.3. The molecule has 3 nitrogen and oxygen atoms in total. The molecule has 0 aromatic heterocycles. The molecule has 1 aromatic rings. The van der Waals surface area contributed by atoms with E-state index in [9.17, 15) is 4.79 Å². The number of hydrogen-bond acceptors (Lipinski definition) is 2. The molecule has 88 valence electrons. The van der Waals surface area contributed by atoms with E-state index in [1.807, 2.05) is 0 Å². The molecule has 5 heteroatoms. The largest absolute Gasteiger partial charge is 0.481 e. The molecule has 1 aromatic carbocycles. The highest BCUT2D eigenvalue weighted by Crippen LogP contribution is 2.29. The Morgan fingerprint density at radius 3 is 2.44 bits per heavy atom. The van der Waals surface area contributed by atoms with Gasteiger partial charge in [-0.25, -0.2) is 0 Å². The van der Waals surface area contributed by atoms with Gasteiger partial charge >= 0.3 is 5.97 Å². The lowest BCUT2D eigenvalue weighted by Gasteiger charge is -2.09. The van der Waals surface area contributed by atoms with Crippen LogP contribution in [0, 0.1) is 0 Å². The lowest BCUT2D eigenvalue weighted by Crippen LogP contribution is -2.04. The van der Waals surface area contributed by atoms with Crippen molar-refractivity contribution >= 4 is 34.9 Å². The molecule has 0 amide bonds. The van der Waals surface area contributed by atoms with Crippen LogP contribution in [0.1, 0.15) is 19.3 Å². The Hall–Kier alpha value is -0.930. The highest BCUT2D eigenvalue weighted by molar-refractivity contribution is 6.39. The van der Waals surface area contributed by atoms with Crippen molar-refractivity contribution in [1.29, 1.82) is 0 Å². The van der Waals surface area contributed by atoms with E-state index in [4.69, 9.17) is 28.3 Å². The van der Waals surface area contributed by atoms with Crippen molar-refractivity contribution in [3.63, 3.8) is 0 Å². The fourth-order valence-corrected chi connectivity index (χ4v) is 1.81. The molecule has 0 saturated carbocycles. The van der Waals surface area contributed by atoms with Gasteiger partial charge in [0.1, 0.15) is 0 Å². The van der Waals surface area contributed by atoms with E-state index in [0.29, 0.717) is 28.7 Å². The van der Waals surface area contributed by atoms with Crippen molar-refractivity contribution in [3.8, 4) is 0 Å². The zero-order valence-corrected chi connectivity index (χ0v) is 10.2. The number of carbonyl (C=O) groups is 1.